The molecule has 0 radical (unpaired) electrons. The van der Waals surface area contributed by atoms with Crippen LogP contribution in [0.4, 0.5) is 0 Å². The highest BCUT2D eigenvalue weighted by Gasteiger charge is 2.48. The van der Waals surface area contributed by atoms with Crippen LogP contribution in [-0.4, -0.2) is 48.9 Å². The van der Waals surface area contributed by atoms with E-state index in [1.807, 2.05) is 18.2 Å². The molecule has 28 heavy (non-hydrogen) atoms. The number of likely N-dealkylation sites (tertiary alicyclic amines) is 1. The van der Waals surface area contributed by atoms with Crippen molar-refractivity contribution in [2.75, 3.05) is 26.2 Å². The summed E-state index contributed by atoms with van der Waals surface area (Å²) in [5.41, 5.74) is 0.865. The van der Waals surface area contributed by atoms with Crippen molar-refractivity contribution in [3.8, 4) is 0 Å². The predicted molar refractivity (Wildman–Crippen MR) is 113 cm³/mol. The molecule has 3 aliphatic rings. The zero-order valence-electron chi connectivity index (χ0n) is 16.5. The van der Waals surface area contributed by atoms with Gasteiger partial charge in [0, 0.05) is 19.6 Å². The van der Waals surface area contributed by atoms with Crippen LogP contribution in [-0.2, 0) is 15.0 Å². The first-order valence-corrected chi connectivity index (χ1v) is 10.5. The summed E-state index contributed by atoms with van der Waals surface area (Å²) in [6, 6.07) is 10.3. The second-order valence-corrected chi connectivity index (χ2v) is 8.46. The maximum atomic E-state index is 13.4. The molecular weight excluding hydrogens is 374 g/mol. The van der Waals surface area contributed by atoms with Gasteiger partial charge in [-0.15, -0.1) is 12.4 Å². The Morgan fingerprint density at radius 2 is 1.89 bits per heavy atom. The van der Waals surface area contributed by atoms with Crippen molar-refractivity contribution < 1.29 is 9.59 Å². The molecule has 154 valence electrons. The smallest absolute Gasteiger partial charge is 0.237 e. The fraction of sp³-hybridized carbons (Fsp3) is 0.636. The number of nitrogens with zero attached hydrogens (tertiary/aromatic N) is 1. The van der Waals surface area contributed by atoms with E-state index in [4.69, 9.17) is 0 Å². The number of hydrogen-bond donors (Lipinski definition) is 2. The number of hydrogen-bond acceptors (Lipinski definition) is 3. The minimum atomic E-state index is -0.305. The van der Waals surface area contributed by atoms with Gasteiger partial charge < -0.3 is 15.5 Å². The fourth-order valence-electron chi connectivity index (χ4n) is 4.91. The maximum Gasteiger partial charge on any atom is 0.237 e. The normalized spacial score (nSPS) is 26.1. The van der Waals surface area contributed by atoms with E-state index in [1.165, 1.54) is 5.56 Å². The molecule has 0 bridgehead atoms. The summed E-state index contributed by atoms with van der Waals surface area (Å²) in [5, 5.41) is 6.36. The van der Waals surface area contributed by atoms with E-state index in [0.29, 0.717) is 18.4 Å². The topological polar surface area (TPSA) is 61.4 Å². The predicted octanol–water partition coefficient (Wildman–Crippen LogP) is 2.64. The average molecular weight is 406 g/mol. The molecule has 2 saturated heterocycles. The Kier molecular flexibility index (Phi) is 7.00. The van der Waals surface area contributed by atoms with E-state index >= 15 is 0 Å². The van der Waals surface area contributed by atoms with Gasteiger partial charge in [-0.3, -0.25) is 9.59 Å². The first-order valence-electron chi connectivity index (χ1n) is 10.5. The van der Waals surface area contributed by atoms with E-state index in [1.54, 1.807) is 0 Å². The summed E-state index contributed by atoms with van der Waals surface area (Å²) in [7, 11) is 0. The zero-order valence-corrected chi connectivity index (χ0v) is 17.3. The minimum Gasteiger partial charge on any atom is -0.354 e. The number of halogens is 1. The second kappa shape index (κ2) is 9.27. The molecule has 2 amide bonds. The van der Waals surface area contributed by atoms with Gasteiger partial charge in [0.05, 0.1) is 11.5 Å². The molecule has 1 saturated carbocycles. The standard InChI is InChI=1S/C22H31N3O2.ClH/c26-20(19-10-4-13-23-19)24-15-17-7-5-14-25(16-17)21(27)22(11-6-12-22)18-8-2-1-3-9-18;/h1-3,8-9,17,19,23H,4-7,10-16H2,(H,24,26);1H. The van der Waals surface area contributed by atoms with Gasteiger partial charge in [-0.25, -0.2) is 0 Å². The third-order valence-electron chi connectivity index (χ3n) is 6.69. The van der Waals surface area contributed by atoms with Gasteiger partial charge in [0.15, 0.2) is 0 Å². The minimum absolute atomic E-state index is 0. The molecule has 6 heteroatoms. The molecule has 0 spiro atoms. The largest absolute Gasteiger partial charge is 0.354 e. The highest BCUT2D eigenvalue weighted by molar-refractivity contribution is 5.89. The number of carbonyl (C=O) groups is 2. The summed E-state index contributed by atoms with van der Waals surface area (Å²) >= 11 is 0. The fourth-order valence-corrected chi connectivity index (χ4v) is 4.91. The molecule has 2 heterocycles. The van der Waals surface area contributed by atoms with Crippen molar-refractivity contribution in [2.45, 2.75) is 56.4 Å². The first-order chi connectivity index (χ1) is 13.2. The van der Waals surface area contributed by atoms with Crippen molar-refractivity contribution in [1.29, 1.82) is 0 Å². The van der Waals surface area contributed by atoms with Crippen molar-refractivity contribution >= 4 is 24.2 Å². The Bertz CT molecular complexity index is 672. The molecule has 2 atom stereocenters. The number of piperidine rings is 1. The van der Waals surface area contributed by atoms with Crippen molar-refractivity contribution in [3.63, 3.8) is 0 Å². The van der Waals surface area contributed by atoms with Gasteiger partial charge in [0.25, 0.3) is 0 Å². The SMILES string of the molecule is Cl.O=C(NCC1CCCN(C(=O)C2(c3ccccc3)CCC2)C1)C1CCCN1. The second-order valence-electron chi connectivity index (χ2n) is 8.46. The molecule has 2 unspecified atom stereocenters. The summed E-state index contributed by atoms with van der Waals surface area (Å²) < 4.78 is 0. The summed E-state index contributed by atoms with van der Waals surface area (Å²) in [4.78, 5) is 27.7. The maximum absolute atomic E-state index is 13.4. The first kappa shape index (κ1) is 21.1. The van der Waals surface area contributed by atoms with Crippen LogP contribution in [0.15, 0.2) is 30.3 Å². The lowest BCUT2D eigenvalue weighted by Gasteiger charge is -2.46. The molecule has 4 rings (SSSR count). The van der Waals surface area contributed by atoms with Crippen LogP contribution >= 0.6 is 12.4 Å². The van der Waals surface area contributed by atoms with E-state index < -0.39 is 0 Å². The van der Waals surface area contributed by atoms with Crippen LogP contribution in [0.3, 0.4) is 0 Å². The van der Waals surface area contributed by atoms with Crippen LogP contribution in [0.2, 0.25) is 0 Å². The summed E-state index contributed by atoms with van der Waals surface area (Å²) in [5.74, 6) is 0.782. The molecule has 1 aliphatic carbocycles. The molecule has 2 aliphatic heterocycles. The highest BCUT2D eigenvalue weighted by atomic mass is 35.5. The average Bonchev–Trinajstić information content (AvgIpc) is 3.21. The van der Waals surface area contributed by atoms with Crippen LogP contribution in [0, 0.1) is 5.92 Å². The van der Waals surface area contributed by atoms with Crippen molar-refractivity contribution in [2.24, 2.45) is 5.92 Å². The van der Waals surface area contributed by atoms with E-state index in [2.05, 4.69) is 27.7 Å². The van der Waals surface area contributed by atoms with Gasteiger partial charge in [-0.05, 0) is 56.6 Å². The molecule has 5 nitrogen and oxygen atoms in total. The van der Waals surface area contributed by atoms with Crippen LogP contribution in [0.25, 0.3) is 0 Å². The summed E-state index contributed by atoms with van der Waals surface area (Å²) in [6.07, 6.45) is 7.16. The molecule has 0 aromatic heterocycles. The van der Waals surface area contributed by atoms with Crippen LogP contribution < -0.4 is 10.6 Å². The number of carbonyl (C=O) groups excluding carboxylic acids is 2. The monoisotopic (exact) mass is 405 g/mol. The van der Waals surface area contributed by atoms with Gasteiger partial charge in [0.1, 0.15) is 0 Å². The molecule has 3 fully saturated rings. The van der Waals surface area contributed by atoms with Crippen molar-refractivity contribution in [1.82, 2.24) is 15.5 Å². The molecule has 1 aromatic rings. The van der Waals surface area contributed by atoms with Crippen LogP contribution in [0.1, 0.15) is 50.5 Å². The lowest BCUT2D eigenvalue weighted by atomic mass is 9.63. The third-order valence-corrected chi connectivity index (χ3v) is 6.69. The Labute approximate surface area is 174 Å². The van der Waals surface area contributed by atoms with E-state index in [0.717, 1.165) is 64.6 Å². The van der Waals surface area contributed by atoms with Gasteiger partial charge >= 0.3 is 0 Å². The van der Waals surface area contributed by atoms with E-state index in [9.17, 15) is 9.59 Å². The Morgan fingerprint density at radius 1 is 1.11 bits per heavy atom. The lowest BCUT2D eigenvalue weighted by molar-refractivity contribution is -0.142. The highest BCUT2D eigenvalue weighted by Crippen LogP contribution is 2.45. The number of amides is 2. The Balaban J connectivity index is 0.00000225. The lowest BCUT2D eigenvalue weighted by Crippen LogP contribution is -2.54. The molecule has 1 aromatic carbocycles. The zero-order chi connectivity index (χ0) is 18.7. The third kappa shape index (κ3) is 4.20. The molecule has 2 N–H and O–H groups in total. The molecular formula is C22H32ClN3O2. The Morgan fingerprint density at radius 3 is 2.54 bits per heavy atom. The number of benzene rings is 1. The number of nitrogens with one attached hydrogen (secondary N) is 2. The van der Waals surface area contributed by atoms with Crippen LogP contribution in [0.5, 0.6) is 0 Å². The van der Waals surface area contributed by atoms with Crippen molar-refractivity contribution in [3.05, 3.63) is 35.9 Å². The van der Waals surface area contributed by atoms with Gasteiger partial charge in [0.2, 0.25) is 11.8 Å². The quantitative estimate of drug-likeness (QED) is 0.791. The number of rotatable bonds is 5. The Hall–Kier alpha value is -1.59. The summed E-state index contributed by atoms with van der Waals surface area (Å²) in [6.45, 7) is 3.23. The van der Waals surface area contributed by atoms with Gasteiger partial charge in [-0.1, -0.05) is 36.8 Å². The van der Waals surface area contributed by atoms with Gasteiger partial charge in [-0.2, -0.15) is 0 Å². The van der Waals surface area contributed by atoms with E-state index in [-0.39, 0.29) is 29.8 Å².